The van der Waals surface area contributed by atoms with Gasteiger partial charge in [-0.1, -0.05) is 29.4 Å². The minimum absolute atomic E-state index is 0.0750. The standard InChI is InChI=1S/C25H30FN3O3/c1-17-23(18(2)32-27-17)15-24(30)28-13-10-20(11-14-28)22-5-3-4-12-29(25(22)31)16-19-6-8-21(26)9-7-19/h3-4,6-9,20,22H,5,10-16H2,1-2H3/t22-/m0/s1. The second-order valence-electron chi connectivity index (χ2n) is 8.86. The summed E-state index contributed by atoms with van der Waals surface area (Å²) < 4.78 is 18.4. The number of aromatic nitrogens is 1. The van der Waals surface area contributed by atoms with Crippen LogP contribution in [-0.2, 0) is 22.6 Å². The fourth-order valence-corrected chi connectivity index (χ4v) is 4.79. The van der Waals surface area contributed by atoms with Crippen molar-refractivity contribution in [3.8, 4) is 0 Å². The third-order valence-electron chi connectivity index (χ3n) is 6.77. The zero-order valence-corrected chi connectivity index (χ0v) is 18.7. The average Bonchev–Trinajstić information content (AvgIpc) is 3.00. The van der Waals surface area contributed by atoms with Crippen LogP contribution in [0.4, 0.5) is 4.39 Å². The quantitative estimate of drug-likeness (QED) is 0.665. The first-order valence-corrected chi connectivity index (χ1v) is 11.3. The molecular formula is C25H30FN3O3. The molecule has 2 aliphatic rings. The van der Waals surface area contributed by atoms with Gasteiger partial charge in [-0.2, -0.15) is 0 Å². The molecule has 170 valence electrons. The van der Waals surface area contributed by atoms with Crippen molar-refractivity contribution < 1.29 is 18.5 Å². The summed E-state index contributed by atoms with van der Waals surface area (Å²) in [6.45, 7) is 6.07. The lowest BCUT2D eigenvalue weighted by Gasteiger charge is -2.36. The number of rotatable bonds is 5. The molecule has 6 nitrogen and oxygen atoms in total. The Hall–Kier alpha value is -2.96. The second kappa shape index (κ2) is 9.67. The van der Waals surface area contributed by atoms with E-state index in [4.69, 9.17) is 4.52 Å². The molecule has 0 radical (unpaired) electrons. The number of likely N-dealkylation sites (tertiary alicyclic amines) is 1. The number of allylic oxidation sites excluding steroid dienone is 1. The molecular weight excluding hydrogens is 409 g/mol. The molecule has 2 amide bonds. The van der Waals surface area contributed by atoms with Crippen LogP contribution in [0, 0.1) is 31.5 Å². The molecule has 0 unspecified atom stereocenters. The lowest BCUT2D eigenvalue weighted by molar-refractivity contribution is -0.138. The van der Waals surface area contributed by atoms with Crippen LogP contribution in [0.3, 0.4) is 0 Å². The van der Waals surface area contributed by atoms with Gasteiger partial charge < -0.3 is 14.3 Å². The Labute approximate surface area is 188 Å². The first-order valence-electron chi connectivity index (χ1n) is 11.3. The van der Waals surface area contributed by atoms with E-state index in [-0.39, 0.29) is 29.5 Å². The van der Waals surface area contributed by atoms with E-state index < -0.39 is 0 Å². The van der Waals surface area contributed by atoms with Crippen LogP contribution >= 0.6 is 0 Å². The topological polar surface area (TPSA) is 66.7 Å². The number of benzene rings is 1. The van der Waals surface area contributed by atoms with Gasteiger partial charge in [-0.3, -0.25) is 9.59 Å². The number of aryl methyl sites for hydroxylation is 2. The highest BCUT2D eigenvalue weighted by Gasteiger charge is 2.35. The second-order valence-corrected chi connectivity index (χ2v) is 8.86. The Bertz CT molecular complexity index is 971. The minimum Gasteiger partial charge on any atom is -0.361 e. The van der Waals surface area contributed by atoms with E-state index in [0.29, 0.717) is 38.4 Å². The normalized spacial score (nSPS) is 20.0. The predicted molar refractivity (Wildman–Crippen MR) is 118 cm³/mol. The lowest BCUT2D eigenvalue weighted by Crippen LogP contribution is -2.44. The van der Waals surface area contributed by atoms with Crippen molar-refractivity contribution in [1.29, 1.82) is 0 Å². The minimum atomic E-state index is -0.274. The molecule has 7 heteroatoms. The molecule has 1 fully saturated rings. The first kappa shape index (κ1) is 22.2. The molecule has 1 aromatic heterocycles. The zero-order chi connectivity index (χ0) is 22.7. The summed E-state index contributed by atoms with van der Waals surface area (Å²) in [6, 6.07) is 6.32. The Kier molecular flexibility index (Phi) is 6.72. The Morgan fingerprint density at radius 3 is 2.53 bits per heavy atom. The van der Waals surface area contributed by atoms with E-state index >= 15 is 0 Å². The summed E-state index contributed by atoms with van der Waals surface area (Å²) in [4.78, 5) is 29.9. The van der Waals surface area contributed by atoms with Crippen LogP contribution in [0.25, 0.3) is 0 Å². The molecule has 0 aliphatic carbocycles. The first-order chi connectivity index (χ1) is 15.4. The van der Waals surface area contributed by atoms with Crippen molar-refractivity contribution in [1.82, 2.24) is 15.0 Å². The summed E-state index contributed by atoms with van der Waals surface area (Å²) in [6.07, 6.45) is 6.83. The van der Waals surface area contributed by atoms with Crippen LogP contribution in [0.1, 0.15) is 41.8 Å². The molecule has 0 N–H and O–H groups in total. The van der Waals surface area contributed by atoms with E-state index in [0.717, 1.165) is 36.1 Å². The smallest absolute Gasteiger partial charge is 0.227 e. The van der Waals surface area contributed by atoms with Gasteiger partial charge in [-0.05, 0) is 56.7 Å². The fourth-order valence-electron chi connectivity index (χ4n) is 4.79. The number of nitrogens with zero attached hydrogens (tertiary/aromatic N) is 3. The van der Waals surface area contributed by atoms with Gasteiger partial charge in [0, 0.05) is 37.7 Å². The number of piperidine rings is 1. The van der Waals surface area contributed by atoms with Gasteiger partial charge in [0.1, 0.15) is 11.6 Å². The van der Waals surface area contributed by atoms with E-state index in [9.17, 15) is 14.0 Å². The molecule has 0 saturated carbocycles. The van der Waals surface area contributed by atoms with Gasteiger partial charge in [0.25, 0.3) is 0 Å². The average molecular weight is 440 g/mol. The molecule has 0 spiro atoms. The maximum atomic E-state index is 13.3. The SMILES string of the molecule is Cc1noc(C)c1CC(=O)N1CCC([C@@H]2CC=CCN(Cc3ccc(F)cc3)C2=O)CC1. The molecule has 0 bridgehead atoms. The zero-order valence-electron chi connectivity index (χ0n) is 18.7. The van der Waals surface area contributed by atoms with Crippen molar-refractivity contribution >= 4 is 11.8 Å². The fraction of sp³-hybridized carbons (Fsp3) is 0.480. The monoisotopic (exact) mass is 439 g/mol. The maximum Gasteiger partial charge on any atom is 0.227 e. The maximum absolute atomic E-state index is 13.3. The Balaban J connectivity index is 1.35. The lowest BCUT2D eigenvalue weighted by atomic mass is 9.81. The summed E-state index contributed by atoms with van der Waals surface area (Å²) in [5.74, 6) is 0.841. The molecule has 2 aliphatic heterocycles. The summed E-state index contributed by atoms with van der Waals surface area (Å²) >= 11 is 0. The summed E-state index contributed by atoms with van der Waals surface area (Å²) in [5, 5.41) is 3.93. The third-order valence-corrected chi connectivity index (χ3v) is 6.77. The van der Waals surface area contributed by atoms with Crippen LogP contribution in [-0.4, -0.2) is 46.4 Å². The highest BCUT2D eigenvalue weighted by atomic mass is 19.1. The van der Waals surface area contributed by atoms with Crippen LogP contribution in [0.5, 0.6) is 0 Å². The number of carbonyl (C=O) groups excluding carboxylic acids is 2. The number of hydrogen-bond donors (Lipinski definition) is 0. The molecule has 1 saturated heterocycles. The van der Waals surface area contributed by atoms with Gasteiger partial charge in [0.15, 0.2) is 0 Å². The largest absolute Gasteiger partial charge is 0.361 e. The molecule has 4 rings (SSSR count). The Morgan fingerprint density at radius 2 is 1.88 bits per heavy atom. The van der Waals surface area contributed by atoms with E-state index in [2.05, 4.69) is 11.2 Å². The van der Waals surface area contributed by atoms with E-state index in [1.807, 2.05) is 29.7 Å². The van der Waals surface area contributed by atoms with Gasteiger partial charge >= 0.3 is 0 Å². The van der Waals surface area contributed by atoms with Gasteiger partial charge in [0.2, 0.25) is 11.8 Å². The van der Waals surface area contributed by atoms with Gasteiger partial charge in [-0.25, -0.2) is 4.39 Å². The van der Waals surface area contributed by atoms with Crippen molar-refractivity contribution in [2.75, 3.05) is 19.6 Å². The summed E-state index contributed by atoms with van der Waals surface area (Å²) in [5.41, 5.74) is 2.56. The Morgan fingerprint density at radius 1 is 1.16 bits per heavy atom. The van der Waals surface area contributed by atoms with Gasteiger partial charge in [0.05, 0.1) is 12.1 Å². The number of hydrogen-bond acceptors (Lipinski definition) is 4. The van der Waals surface area contributed by atoms with E-state index in [1.165, 1.54) is 12.1 Å². The van der Waals surface area contributed by atoms with E-state index in [1.54, 1.807) is 12.1 Å². The van der Waals surface area contributed by atoms with Crippen molar-refractivity contribution in [2.24, 2.45) is 11.8 Å². The molecule has 2 aromatic rings. The van der Waals surface area contributed by atoms with Crippen LogP contribution in [0.15, 0.2) is 40.9 Å². The predicted octanol–water partition coefficient (Wildman–Crippen LogP) is 3.82. The molecule has 1 atom stereocenters. The van der Waals surface area contributed by atoms with Crippen LogP contribution < -0.4 is 0 Å². The van der Waals surface area contributed by atoms with Gasteiger partial charge in [-0.15, -0.1) is 0 Å². The van der Waals surface area contributed by atoms with Crippen LogP contribution in [0.2, 0.25) is 0 Å². The molecule has 3 heterocycles. The number of amides is 2. The van der Waals surface area contributed by atoms with Crippen molar-refractivity contribution in [3.63, 3.8) is 0 Å². The third kappa shape index (κ3) is 4.92. The highest BCUT2D eigenvalue weighted by Crippen LogP contribution is 2.31. The molecule has 32 heavy (non-hydrogen) atoms. The number of carbonyl (C=O) groups is 2. The number of halogens is 1. The van der Waals surface area contributed by atoms with Crippen molar-refractivity contribution in [3.05, 3.63) is 64.8 Å². The molecule has 1 aromatic carbocycles. The van der Waals surface area contributed by atoms with Crippen molar-refractivity contribution in [2.45, 2.75) is 46.1 Å². The summed E-state index contributed by atoms with van der Waals surface area (Å²) in [7, 11) is 0. The highest BCUT2D eigenvalue weighted by molar-refractivity contribution is 5.81.